The van der Waals surface area contributed by atoms with E-state index < -0.39 is 0 Å². The Bertz CT molecular complexity index is 648. The maximum atomic E-state index is 5.33. The Labute approximate surface area is 136 Å². The molecule has 1 saturated heterocycles. The average molecular weight is 316 g/mol. The first-order valence-corrected chi connectivity index (χ1v) is 8.24. The van der Waals surface area contributed by atoms with Gasteiger partial charge in [-0.1, -0.05) is 12.1 Å². The van der Waals surface area contributed by atoms with E-state index in [0.717, 1.165) is 68.6 Å². The van der Waals surface area contributed by atoms with Gasteiger partial charge in [0.25, 0.3) is 0 Å². The van der Waals surface area contributed by atoms with E-state index in [1.54, 1.807) is 0 Å². The molecule has 7 nitrogen and oxygen atoms in total. The van der Waals surface area contributed by atoms with Crippen molar-refractivity contribution in [3.8, 4) is 0 Å². The Morgan fingerprint density at radius 2 is 1.91 bits per heavy atom. The highest BCUT2D eigenvalue weighted by molar-refractivity contribution is 5.43. The largest absolute Gasteiger partial charge is 0.353 e. The van der Waals surface area contributed by atoms with Crippen molar-refractivity contribution in [1.82, 2.24) is 25.0 Å². The van der Waals surface area contributed by atoms with Crippen LogP contribution in [0.1, 0.15) is 36.4 Å². The summed E-state index contributed by atoms with van der Waals surface area (Å²) in [4.78, 5) is 18.1. The third-order valence-electron chi connectivity index (χ3n) is 4.07. The molecule has 0 amide bonds. The van der Waals surface area contributed by atoms with Crippen LogP contribution in [-0.4, -0.2) is 51.2 Å². The standard InChI is InChI=1S/C16H24N6O/c1-4-5-14-19-15(23-20-14)11-21-6-8-22(9-7-21)16-13(3)17-10-12(2)18-16/h10H,4-9,11H2,1-3H3. The Morgan fingerprint density at radius 1 is 1.13 bits per heavy atom. The van der Waals surface area contributed by atoms with Crippen LogP contribution in [0.15, 0.2) is 10.7 Å². The van der Waals surface area contributed by atoms with Gasteiger partial charge in [-0.25, -0.2) is 4.98 Å². The minimum absolute atomic E-state index is 0.716. The molecule has 1 aliphatic rings. The smallest absolute Gasteiger partial charge is 0.240 e. The minimum Gasteiger partial charge on any atom is -0.353 e. The van der Waals surface area contributed by atoms with Crippen LogP contribution in [-0.2, 0) is 13.0 Å². The normalized spacial score (nSPS) is 16.0. The number of anilines is 1. The summed E-state index contributed by atoms with van der Waals surface area (Å²) in [5.41, 5.74) is 1.95. The second-order valence-electron chi connectivity index (χ2n) is 6.04. The molecule has 1 fully saturated rings. The van der Waals surface area contributed by atoms with E-state index in [9.17, 15) is 0 Å². The molecule has 23 heavy (non-hydrogen) atoms. The first-order valence-electron chi connectivity index (χ1n) is 8.24. The number of rotatable bonds is 5. The molecule has 3 heterocycles. The second kappa shape index (κ2) is 7.04. The maximum Gasteiger partial charge on any atom is 0.240 e. The zero-order valence-electron chi connectivity index (χ0n) is 14.1. The summed E-state index contributed by atoms with van der Waals surface area (Å²) in [6.07, 6.45) is 3.73. The van der Waals surface area contributed by atoms with Gasteiger partial charge in [-0.2, -0.15) is 4.98 Å². The summed E-state index contributed by atoms with van der Waals surface area (Å²) in [6, 6.07) is 0. The number of hydrogen-bond donors (Lipinski definition) is 0. The quantitative estimate of drug-likeness (QED) is 0.832. The fraction of sp³-hybridized carbons (Fsp3) is 0.625. The predicted octanol–water partition coefficient (Wildman–Crippen LogP) is 1.75. The van der Waals surface area contributed by atoms with Gasteiger partial charge < -0.3 is 9.42 Å². The van der Waals surface area contributed by atoms with E-state index >= 15 is 0 Å². The lowest BCUT2D eigenvalue weighted by atomic mass is 10.3. The summed E-state index contributed by atoms with van der Waals surface area (Å²) in [5, 5.41) is 4.01. The summed E-state index contributed by atoms with van der Waals surface area (Å²) >= 11 is 0. The van der Waals surface area contributed by atoms with Crippen molar-refractivity contribution in [2.75, 3.05) is 31.1 Å². The topological polar surface area (TPSA) is 71.2 Å². The summed E-state index contributed by atoms with van der Waals surface area (Å²) < 4.78 is 5.33. The van der Waals surface area contributed by atoms with Gasteiger partial charge in [0, 0.05) is 38.8 Å². The molecule has 0 N–H and O–H groups in total. The zero-order chi connectivity index (χ0) is 16.2. The van der Waals surface area contributed by atoms with Crippen molar-refractivity contribution in [3.63, 3.8) is 0 Å². The average Bonchev–Trinajstić information content (AvgIpc) is 2.98. The molecule has 3 rings (SSSR count). The van der Waals surface area contributed by atoms with Gasteiger partial charge in [0.2, 0.25) is 5.89 Å². The van der Waals surface area contributed by atoms with Gasteiger partial charge in [-0.3, -0.25) is 9.88 Å². The third-order valence-corrected chi connectivity index (χ3v) is 4.07. The van der Waals surface area contributed by atoms with Crippen molar-refractivity contribution in [1.29, 1.82) is 0 Å². The highest BCUT2D eigenvalue weighted by atomic mass is 16.5. The molecule has 2 aromatic rings. The highest BCUT2D eigenvalue weighted by Crippen LogP contribution is 2.18. The fourth-order valence-electron chi connectivity index (χ4n) is 2.81. The molecule has 0 unspecified atom stereocenters. The van der Waals surface area contributed by atoms with Gasteiger partial charge >= 0.3 is 0 Å². The Hall–Kier alpha value is -2.02. The minimum atomic E-state index is 0.716. The molecule has 0 aliphatic carbocycles. The van der Waals surface area contributed by atoms with Crippen LogP contribution in [0.4, 0.5) is 5.82 Å². The molecule has 0 radical (unpaired) electrons. The van der Waals surface area contributed by atoms with E-state index in [-0.39, 0.29) is 0 Å². The third kappa shape index (κ3) is 3.85. The SMILES string of the molecule is CCCc1noc(CN2CCN(c3nc(C)cnc3C)CC2)n1. The molecule has 0 bridgehead atoms. The van der Waals surface area contributed by atoms with Crippen molar-refractivity contribution >= 4 is 5.82 Å². The summed E-state index contributed by atoms with van der Waals surface area (Å²) in [5.74, 6) is 2.54. The number of hydrogen-bond acceptors (Lipinski definition) is 7. The van der Waals surface area contributed by atoms with Gasteiger partial charge in [-0.15, -0.1) is 0 Å². The van der Waals surface area contributed by atoms with E-state index in [2.05, 4.69) is 36.8 Å². The first kappa shape index (κ1) is 15.9. The Kier molecular flexibility index (Phi) is 4.85. The van der Waals surface area contributed by atoms with Crippen LogP contribution in [0.25, 0.3) is 0 Å². The summed E-state index contributed by atoms with van der Waals surface area (Å²) in [7, 11) is 0. The molecule has 0 spiro atoms. The van der Waals surface area contributed by atoms with Gasteiger partial charge in [-0.05, 0) is 20.3 Å². The van der Waals surface area contributed by atoms with E-state index in [0.29, 0.717) is 5.89 Å². The van der Waals surface area contributed by atoms with Gasteiger partial charge in [0.1, 0.15) is 5.82 Å². The monoisotopic (exact) mass is 316 g/mol. The molecule has 0 saturated carbocycles. The van der Waals surface area contributed by atoms with Crippen LogP contribution in [0.2, 0.25) is 0 Å². The van der Waals surface area contributed by atoms with Crippen LogP contribution >= 0.6 is 0 Å². The second-order valence-corrected chi connectivity index (χ2v) is 6.04. The number of piperazine rings is 1. The summed E-state index contributed by atoms with van der Waals surface area (Å²) in [6.45, 7) is 10.6. The van der Waals surface area contributed by atoms with Gasteiger partial charge in [0.15, 0.2) is 5.82 Å². The molecule has 2 aromatic heterocycles. The molecule has 0 aromatic carbocycles. The van der Waals surface area contributed by atoms with Crippen molar-refractivity contribution in [2.45, 2.75) is 40.2 Å². The number of nitrogens with zero attached hydrogens (tertiary/aromatic N) is 6. The van der Waals surface area contributed by atoms with Crippen molar-refractivity contribution in [3.05, 3.63) is 29.3 Å². The zero-order valence-corrected chi connectivity index (χ0v) is 14.1. The predicted molar refractivity (Wildman–Crippen MR) is 87.3 cm³/mol. The first-order chi connectivity index (χ1) is 11.2. The van der Waals surface area contributed by atoms with Crippen LogP contribution < -0.4 is 4.90 Å². The van der Waals surface area contributed by atoms with Crippen molar-refractivity contribution in [2.24, 2.45) is 0 Å². The number of aromatic nitrogens is 4. The lowest BCUT2D eigenvalue weighted by Gasteiger charge is -2.35. The lowest BCUT2D eigenvalue weighted by molar-refractivity contribution is 0.215. The van der Waals surface area contributed by atoms with E-state index in [1.165, 1.54) is 0 Å². The molecule has 1 aliphatic heterocycles. The Morgan fingerprint density at radius 3 is 2.65 bits per heavy atom. The van der Waals surface area contributed by atoms with E-state index in [4.69, 9.17) is 4.52 Å². The molecule has 0 atom stereocenters. The molecule has 7 heteroatoms. The van der Waals surface area contributed by atoms with Gasteiger partial charge in [0.05, 0.1) is 17.9 Å². The Balaban J connectivity index is 1.56. The molecule has 124 valence electrons. The highest BCUT2D eigenvalue weighted by Gasteiger charge is 2.21. The van der Waals surface area contributed by atoms with E-state index in [1.807, 2.05) is 20.0 Å². The van der Waals surface area contributed by atoms with Crippen molar-refractivity contribution < 1.29 is 4.52 Å². The molecular formula is C16H24N6O. The van der Waals surface area contributed by atoms with Crippen LogP contribution in [0.5, 0.6) is 0 Å². The maximum absolute atomic E-state index is 5.33. The number of aryl methyl sites for hydroxylation is 3. The van der Waals surface area contributed by atoms with Crippen LogP contribution in [0.3, 0.4) is 0 Å². The lowest BCUT2D eigenvalue weighted by Crippen LogP contribution is -2.46. The fourth-order valence-corrected chi connectivity index (χ4v) is 2.81. The molecular weight excluding hydrogens is 292 g/mol. The van der Waals surface area contributed by atoms with Crippen LogP contribution in [0, 0.1) is 13.8 Å².